The van der Waals surface area contributed by atoms with E-state index in [1.165, 1.54) is 6.07 Å². The normalized spacial score (nSPS) is 17.9. The number of hydrogen-bond donors (Lipinski definition) is 0. The number of halogens is 1. The molecule has 1 aromatic rings. The summed E-state index contributed by atoms with van der Waals surface area (Å²) in [7, 11) is 0. The first-order chi connectivity index (χ1) is 6.56. The summed E-state index contributed by atoms with van der Waals surface area (Å²) in [6, 6.07) is 5.11. The highest BCUT2D eigenvalue weighted by molar-refractivity contribution is 5.91. The number of Topliss-reactive ketones (excluding diaryl/α,β-unsaturated/α-hetero) is 1. The predicted octanol–water partition coefficient (Wildman–Crippen LogP) is 2.75. The quantitative estimate of drug-likeness (QED) is 0.704. The molecule has 2 rings (SSSR count). The van der Waals surface area contributed by atoms with Gasteiger partial charge in [-0.05, 0) is 38.3 Å². The fourth-order valence-corrected chi connectivity index (χ4v) is 1.94. The van der Waals surface area contributed by atoms with Gasteiger partial charge in [0.05, 0.1) is 5.41 Å². The molecule has 0 saturated heterocycles. The van der Waals surface area contributed by atoms with E-state index in [0.29, 0.717) is 5.56 Å². The molecule has 2 heteroatoms. The van der Waals surface area contributed by atoms with E-state index in [9.17, 15) is 9.18 Å². The Morgan fingerprint density at radius 1 is 1.43 bits per heavy atom. The molecular weight excluding hydrogens is 179 g/mol. The van der Waals surface area contributed by atoms with Gasteiger partial charge in [-0.1, -0.05) is 12.1 Å². The van der Waals surface area contributed by atoms with Gasteiger partial charge in [-0.2, -0.15) is 0 Å². The van der Waals surface area contributed by atoms with E-state index >= 15 is 0 Å². The maximum atomic E-state index is 13.6. The second-order valence-corrected chi connectivity index (χ2v) is 4.12. The average Bonchev–Trinajstić information content (AvgIpc) is 2.84. The van der Waals surface area contributed by atoms with Gasteiger partial charge < -0.3 is 0 Å². The van der Waals surface area contributed by atoms with Crippen LogP contribution in [-0.4, -0.2) is 5.78 Å². The molecule has 0 aromatic heterocycles. The molecule has 1 fully saturated rings. The van der Waals surface area contributed by atoms with E-state index < -0.39 is 5.41 Å². The number of ketones is 1. The van der Waals surface area contributed by atoms with Gasteiger partial charge in [-0.25, -0.2) is 4.39 Å². The van der Waals surface area contributed by atoms with Crippen molar-refractivity contribution >= 4 is 5.78 Å². The molecule has 0 unspecified atom stereocenters. The van der Waals surface area contributed by atoms with Crippen LogP contribution in [0.2, 0.25) is 0 Å². The molecule has 0 aliphatic heterocycles. The van der Waals surface area contributed by atoms with E-state index in [4.69, 9.17) is 0 Å². The summed E-state index contributed by atoms with van der Waals surface area (Å²) >= 11 is 0. The number of rotatable bonds is 2. The Morgan fingerprint density at radius 3 is 2.50 bits per heavy atom. The molecule has 1 aliphatic carbocycles. The van der Waals surface area contributed by atoms with Gasteiger partial charge in [0, 0.05) is 5.56 Å². The number of carbonyl (C=O) groups excluding carboxylic acids is 1. The Bertz CT molecular complexity index is 391. The smallest absolute Gasteiger partial charge is 0.140 e. The molecule has 74 valence electrons. The maximum absolute atomic E-state index is 13.6. The molecule has 0 radical (unpaired) electrons. The van der Waals surface area contributed by atoms with Crippen molar-refractivity contribution in [2.24, 2.45) is 0 Å². The topological polar surface area (TPSA) is 17.1 Å². The van der Waals surface area contributed by atoms with Crippen molar-refractivity contribution in [2.45, 2.75) is 32.1 Å². The zero-order chi connectivity index (χ0) is 10.3. The van der Waals surface area contributed by atoms with Crippen LogP contribution in [0, 0.1) is 12.7 Å². The molecule has 1 saturated carbocycles. The number of carbonyl (C=O) groups is 1. The van der Waals surface area contributed by atoms with Crippen LogP contribution in [-0.2, 0) is 10.2 Å². The van der Waals surface area contributed by atoms with Gasteiger partial charge in [0.1, 0.15) is 11.6 Å². The lowest BCUT2D eigenvalue weighted by Crippen LogP contribution is -2.18. The lowest BCUT2D eigenvalue weighted by Gasteiger charge is -2.12. The summed E-state index contributed by atoms with van der Waals surface area (Å²) in [5.41, 5.74) is 0.985. The summed E-state index contributed by atoms with van der Waals surface area (Å²) in [5, 5.41) is 0. The van der Waals surface area contributed by atoms with E-state index in [2.05, 4.69) is 0 Å². The van der Waals surface area contributed by atoms with Crippen molar-refractivity contribution in [3.8, 4) is 0 Å². The first-order valence-electron chi connectivity index (χ1n) is 4.84. The second kappa shape index (κ2) is 2.91. The zero-order valence-corrected chi connectivity index (χ0v) is 8.43. The van der Waals surface area contributed by atoms with E-state index in [0.717, 1.165) is 18.4 Å². The minimum Gasteiger partial charge on any atom is -0.299 e. The third kappa shape index (κ3) is 1.26. The summed E-state index contributed by atoms with van der Waals surface area (Å²) in [6.07, 6.45) is 1.59. The summed E-state index contributed by atoms with van der Waals surface area (Å²) in [5.74, 6) is -0.155. The average molecular weight is 192 g/mol. The van der Waals surface area contributed by atoms with Crippen molar-refractivity contribution in [3.05, 3.63) is 35.1 Å². The second-order valence-electron chi connectivity index (χ2n) is 4.12. The molecular formula is C12H13FO. The van der Waals surface area contributed by atoms with Gasteiger partial charge in [-0.3, -0.25) is 4.79 Å². The number of benzene rings is 1. The molecule has 0 heterocycles. The van der Waals surface area contributed by atoms with E-state index in [1.807, 2.05) is 13.0 Å². The monoisotopic (exact) mass is 192 g/mol. The molecule has 0 spiro atoms. The number of aryl methyl sites for hydroxylation is 1. The van der Waals surface area contributed by atoms with Crippen LogP contribution in [0.25, 0.3) is 0 Å². The summed E-state index contributed by atoms with van der Waals surface area (Å²) < 4.78 is 13.6. The van der Waals surface area contributed by atoms with Crippen molar-refractivity contribution in [3.63, 3.8) is 0 Å². The van der Waals surface area contributed by atoms with Crippen LogP contribution in [0.5, 0.6) is 0 Å². The Labute approximate surface area is 82.9 Å². The third-order valence-electron chi connectivity index (χ3n) is 3.06. The van der Waals surface area contributed by atoms with Gasteiger partial charge in [0.2, 0.25) is 0 Å². The molecule has 1 aromatic carbocycles. The molecule has 0 amide bonds. The summed E-state index contributed by atoms with van der Waals surface area (Å²) in [6.45, 7) is 3.40. The highest BCUT2D eigenvalue weighted by Crippen LogP contribution is 2.49. The van der Waals surface area contributed by atoms with Gasteiger partial charge in [-0.15, -0.1) is 0 Å². The first kappa shape index (κ1) is 9.38. The van der Waals surface area contributed by atoms with Crippen molar-refractivity contribution in [2.75, 3.05) is 0 Å². The molecule has 14 heavy (non-hydrogen) atoms. The van der Waals surface area contributed by atoms with Crippen molar-refractivity contribution in [1.82, 2.24) is 0 Å². The van der Waals surface area contributed by atoms with Crippen LogP contribution in [0.1, 0.15) is 30.9 Å². The molecule has 0 atom stereocenters. The molecule has 1 nitrogen and oxygen atoms in total. The van der Waals surface area contributed by atoms with Crippen molar-refractivity contribution < 1.29 is 9.18 Å². The van der Waals surface area contributed by atoms with Crippen molar-refractivity contribution in [1.29, 1.82) is 0 Å². The maximum Gasteiger partial charge on any atom is 0.140 e. The predicted molar refractivity (Wildman–Crippen MR) is 52.7 cm³/mol. The highest BCUT2D eigenvalue weighted by Gasteiger charge is 2.50. The Kier molecular flexibility index (Phi) is 1.95. The van der Waals surface area contributed by atoms with Crippen LogP contribution < -0.4 is 0 Å². The molecule has 1 aliphatic rings. The lowest BCUT2D eigenvalue weighted by molar-refractivity contribution is -0.119. The van der Waals surface area contributed by atoms with Crippen LogP contribution in [0.3, 0.4) is 0 Å². The fourth-order valence-electron chi connectivity index (χ4n) is 1.94. The lowest BCUT2D eigenvalue weighted by atomic mass is 9.91. The van der Waals surface area contributed by atoms with Gasteiger partial charge in [0.25, 0.3) is 0 Å². The zero-order valence-electron chi connectivity index (χ0n) is 8.43. The standard InChI is InChI=1S/C12H13FO/c1-8-3-4-10(11(13)7-8)12(5-6-12)9(2)14/h3-4,7H,5-6H2,1-2H3. The largest absolute Gasteiger partial charge is 0.299 e. The van der Waals surface area contributed by atoms with Crippen LogP contribution in [0.4, 0.5) is 4.39 Å². The Balaban J connectivity index is 2.47. The van der Waals surface area contributed by atoms with Crippen LogP contribution >= 0.6 is 0 Å². The third-order valence-corrected chi connectivity index (χ3v) is 3.06. The minimum absolute atomic E-state index is 0.0836. The van der Waals surface area contributed by atoms with Gasteiger partial charge in [0.15, 0.2) is 0 Å². The van der Waals surface area contributed by atoms with Crippen LogP contribution in [0.15, 0.2) is 18.2 Å². The minimum atomic E-state index is -0.488. The summed E-state index contributed by atoms with van der Waals surface area (Å²) in [4.78, 5) is 11.4. The number of hydrogen-bond acceptors (Lipinski definition) is 1. The van der Waals surface area contributed by atoms with E-state index in [-0.39, 0.29) is 11.6 Å². The van der Waals surface area contributed by atoms with E-state index in [1.54, 1.807) is 13.0 Å². The Morgan fingerprint density at radius 2 is 2.07 bits per heavy atom. The molecule has 0 N–H and O–H groups in total. The fraction of sp³-hybridized carbons (Fsp3) is 0.417. The highest BCUT2D eigenvalue weighted by atomic mass is 19.1. The Hall–Kier alpha value is -1.18. The first-order valence-corrected chi connectivity index (χ1v) is 4.84. The van der Waals surface area contributed by atoms with Gasteiger partial charge >= 0.3 is 0 Å². The SMILES string of the molecule is CC(=O)C1(c2ccc(C)cc2F)CC1. The molecule has 0 bridgehead atoms.